The summed E-state index contributed by atoms with van der Waals surface area (Å²) in [7, 11) is -9.92. The van der Waals surface area contributed by atoms with Gasteiger partial charge in [-0.2, -0.15) is 0 Å². The molecule has 0 rings (SSSR count). The van der Waals surface area contributed by atoms with Gasteiger partial charge in [0.05, 0.1) is 26.4 Å². The highest BCUT2D eigenvalue weighted by Crippen LogP contribution is 2.45. The van der Waals surface area contributed by atoms with E-state index in [0.29, 0.717) is 25.7 Å². The molecule has 0 aromatic rings. The second-order valence-corrected chi connectivity index (χ2v) is 34.4. The van der Waals surface area contributed by atoms with Gasteiger partial charge in [0, 0.05) is 25.7 Å². The SMILES string of the molecule is CCCCCCCCCCCCCCCCCCCCCCC(=O)OC[C@H](COP(=O)(O)OC[C@@H](O)COP(=O)(O)OC[C@@H](COC(=O)CCCCCCCCC)OC(=O)CCCCCCCCCCCCCCCCCCC)OC(=O)CCCCCCCCCCCCCCCCCCCCC(C)CC. The number of hydrogen-bond donors (Lipinski definition) is 3. The fourth-order valence-electron chi connectivity index (χ4n) is 13.6. The van der Waals surface area contributed by atoms with Crippen LogP contribution in [0.15, 0.2) is 0 Å². The molecule has 0 aliphatic carbocycles. The molecule has 19 heteroatoms. The summed E-state index contributed by atoms with van der Waals surface area (Å²) in [6, 6.07) is 0. The number of aliphatic hydroxyl groups is 1. The molecule has 6 atom stereocenters. The molecule has 0 aliphatic heterocycles. The molecule has 0 heterocycles. The van der Waals surface area contributed by atoms with Crippen LogP contribution in [0.25, 0.3) is 0 Å². The maximum absolute atomic E-state index is 13.1. The first kappa shape index (κ1) is 104. The van der Waals surface area contributed by atoms with Gasteiger partial charge in [-0.3, -0.25) is 37.3 Å². The van der Waals surface area contributed by atoms with Gasteiger partial charge in [0.15, 0.2) is 12.2 Å². The van der Waals surface area contributed by atoms with E-state index in [4.69, 9.17) is 37.0 Å². The molecule has 0 saturated carbocycles. The van der Waals surface area contributed by atoms with Crippen molar-refractivity contribution >= 4 is 39.5 Å². The van der Waals surface area contributed by atoms with E-state index < -0.39 is 97.5 Å². The van der Waals surface area contributed by atoms with Crippen LogP contribution in [0.2, 0.25) is 0 Å². The van der Waals surface area contributed by atoms with Gasteiger partial charge in [-0.15, -0.1) is 0 Å². The van der Waals surface area contributed by atoms with Crippen molar-refractivity contribution in [2.24, 2.45) is 5.92 Å². The molecule has 0 radical (unpaired) electrons. The highest BCUT2D eigenvalue weighted by molar-refractivity contribution is 7.47. The van der Waals surface area contributed by atoms with Crippen LogP contribution >= 0.6 is 15.6 Å². The van der Waals surface area contributed by atoms with Crippen LogP contribution in [-0.2, 0) is 65.4 Å². The van der Waals surface area contributed by atoms with Gasteiger partial charge in [-0.1, -0.05) is 420 Å². The van der Waals surface area contributed by atoms with Crippen LogP contribution in [0, 0.1) is 5.92 Å². The zero-order chi connectivity index (χ0) is 77.6. The summed E-state index contributed by atoms with van der Waals surface area (Å²) in [5.41, 5.74) is 0. The zero-order valence-electron chi connectivity index (χ0n) is 69.6. The van der Waals surface area contributed by atoms with Crippen LogP contribution < -0.4 is 0 Å². The highest BCUT2D eigenvalue weighted by atomic mass is 31.2. The zero-order valence-corrected chi connectivity index (χ0v) is 71.4. The number of carbonyl (C=O) groups excluding carboxylic acids is 4. The molecule has 0 spiro atoms. The lowest BCUT2D eigenvalue weighted by molar-refractivity contribution is -0.161. The molecule has 0 bridgehead atoms. The molecule has 0 aromatic heterocycles. The van der Waals surface area contributed by atoms with Crippen LogP contribution in [0.3, 0.4) is 0 Å². The molecule has 3 N–H and O–H groups in total. The Hall–Kier alpha value is -1.94. The summed E-state index contributed by atoms with van der Waals surface area (Å²) in [4.78, 5) is 73.1. The number of phosphoric ester groups is 2. The molecule has 3 unspecified atom stereocenters. The van der Waals surface area contributed by atoms with E-state index in [-0.39, 0.29) is 25.7 Å². The van der Waals surface area contributed by atoms with E-state index in [0.717, 1.165) is 109 Å². The van der Waals surface area contributed by atoms with Crippen molar-refractivity contribution in [2.45, 2.75) is 490 Å². The summed E-state index contributed by atoms with van der Waals surface area (Å²) in [6.45, 7) is 7.39. The number of rotatable bonds is 87. The quantitative estimate of drug-likeness (QED) is 0.0222. The second kappa shape index (κ2) is 79.7. The van der Waals surface area contributed by atoms with Crippen LogP contribution in [0.4, 0.5) is 0 Å². The molecule has 0 saturated heterocycles. The first-order chi connectivity index (χ1) is 51.6. The van der Waals surface area contributed by atoms with Gasteiger partial charge >= 0.3 is 39.5 Å². The van der Waals surface area contributed by atoms with Crippen LogP contribution in [-0.4, -0.2) is 96.7 Å². The number of aliphatic hydroxyl groups excluding tert-OH is 1. The fourth-order valence-corrected chi connectivity index (χ4v) is 15.2. The Balaban J connectivity index is 5.15. The summed E-state index contributed by atoms with van der Waals surface area (Å²) >= 11 is 0. The third-order valence-corrected chi connectivity index (χ3v) is 22.8. The number of esters is 4. The van der Waals surface area contributed by atoms with Crippen molar-refractivity contribution in [3.05, 3.63) is 0 Å². The van der Waals surface area contributed by atoms with Gasteiger partial charge < -0.3 is 33.8 Å². The van der Waals surface area contributed by atoms with E-state index in [1.807, 2.05) is 0 Å². The number of hydrogen-bond acceptors (Lipinski definition) is 15. The summed E-state index contributed by atoms with van der Waals surface area (Å²) in [5, 5.41) is 10.7. The number of phosphoric acid groups is 2. The van der Waals surface area contributed by atoms with Gasteiger partial charge in [-0.05, 0) is 31.6 Å². The molecule has 106 heavy (non-hydrogen) atoms. The van der Waals surface area contributed by atoms with Crippen molar-refractivity contribution in [3.8, 4) is 0 Å². The van der Waals surface area contributed by atoms with Crippen molar-refractivity contribution < 1.29 is 80.2 Å². The predicted octanol–water partition coefficient (Wildman–Crippen LogP) is 26.8. The molecular weight excluding hydrogens is 1380 g/mol. The van der Waals surface area contributed by atoms with Gasteiger partial charge in [-0.25, -0.2) is 9.13 Å². The Kier molecular flexibility index (Phi) is 78.2. The Bertz CT molecular complexity index is 2020. The van der Waals surface area contributed by atoms with Crippen molar-refractivity contribution in [1.82, 2.24) is 0 Å². The molecular formula is C87H170O17P2. The van der Waals surface area contributed by atoms with Gasteiger partial charge in [0.2, 0.25) is 0 Å². The van der Waals surface area contributed by atoms with E-state index in [9.17, 15) is 43.2 Å². The van der Waals surface area contributed by atoms with E-state index >= 15 is 0 Å². The Labute approximate surface area is 651 Å². The van der Waals surface area contributed by atoms with Crippen LogP contribution in [0.1, 0.15) is 471 Å². The Morgan fingerprint density at radius 1 is 0.264 bits per heavy atom. The minimum absolute atomic E-state index is 0.109. The number of carbonyl (C=O) groups is 4. The van der Waals surface area contributed by atoms with Crippen molar-refractivity contribution in [3.63, 3.8) is 0 Å². The van der Waals surface area contributed by atoms with E-state index in [2.05, 4.69) is 34.6 Å². The first-order valence-corrected chi connectivity index (χ1v) is 48.2. The smallest absolute Gasteiger partial charge is 0.462 e. The standard InChI is InChI=1S/C87H170O17P2/c1-6-10-13-16-19-21-23-25-27-29-30-31-36-39-43-47-51-56-61-66-71-85(90)98-77-83(104-87(92)73-68-63-58-53-49-45-41-37-33-32-35-38-42-46-50-55-59-64-69-80(5)9-4)79-102-106(95,96)100-75-81(88)74-99-105(93,94)101-78-82(76-97-84(89)70-65-60-54-18-15-12-8-3)103-86(91)72-67-62-57-52-48-44-40-34-28-26-24-22-20-17-14-11-7-2/h80-83,88H,6-79H2,1-5H3,(H,93,94)(H,95,96)/t80?,81-,82+,83+/m0/s1. The monoisotopic (exact) mass is 1550 g/mol. The maximum atomic E-state index is 13.1. The molecule has 0 amide bonds. The number of unbranched alkanes of at least 4 members (excludes halogenated alkanes) is 58. The van der Waals surface area contributed by atoms with Gasteiger partial charge in [0.25, 0.3) is 0 Å². The van der Waals surface area contributed by atoms with Gasteiger partial charge in [0.1, 0.15) is 19.3 Å². The van der Waals surface area contributed by atoms with E-state index in [1.165, 1.54) is 283 Å². The second-order valence-electron chi connectivity index (χ2n) is 31.5. The fraction of sp³-hybridized carbons (Fsp3) is 0.954. The average molecular weight is 1550 g/mol. The highest BCUT2D eigenvalue weighted by Gasteiger charge is 2.30. The molecule has 17 nitrogen and oxygen atoms in total. The maximum Gasteiger partial charge on any atom is 0.472 e. The molecule has 0 fully saturated rings. The Morgan fingerprint density at radius 2 is 0.453 bits per heavy atom. The topological polar surface area (TPSA) is 237 Å². The summed E-state index contributed by atoms with van der Waals surface area (Å²) in [5.74, 6) is -1.23. The normalized spacial score (nSPS) is 14.0. The lowest BCUT2D eigenvalue weighted by Crippen LogP contribution is -2.30. The minimum Gasteiger partial charge on any atom is -0.462 e. The summed E-state index contributed by atoms with van der Waals surface area (Å²) in [6.07, 6.45) is 73.8. The predicted molar refractivity (Wildman–Crippen MR) is 437 cm³/mol. The third kappa shape index (κ3) is 78.7. The lowest BCUT2D eigenvalue weighted by atomic mass is 9.99. The molecule has 0 aromatic carbocycles. The van der Waals surface area contributed by atoms with E-state index in [1.54, 1.807) is 0 Å². The third-order valence-electron chi connectivity index (χ3n) is 20.9. The van der Waals surface area contributed by atoms with Crippen LogP contribution in [0.5, 0.6) is 0 Å². The summed E-state index contributed by atoms with van der Waals surface area (Å²) < 4.78 is 68.8. The van der Waals surface area contributed by atoms with Crippen molar-refractivity contribution in [1.29, 1.82) is 0 Å². The first-order valence-electron chi connectivity index (χ1n) is 45.2. The average Bonchev–Trinajstić information content (AvgIpc) is 0.902. The Morgan fingerprint density at radius 3 is 0.670 bits per heavy atom. The minimum atomic E-state index is -4.96. The molecule has 630 valence electrons. The largest absolute Gasteiger partial charge is 0.472 e. The molecule has 0 aliphatic rings. The van der Waals surface area contributed by atoms with Crippen molar-refractivity contribution in [2.75, 3.05) is 39.6 Å². The number of ether oxygens (including phenoxy) is 4. The lowest BCUT2D eigenvalue weighted by Gasteiger charge is -2.21.